The molecule has 25 heavy (non-hydrogen) atoms. The molecule has 0 aliphatic rings. The number of nitrogens with one attached hydrogen (secondary N) is 4. The maximum Gasteiger partial charge on any atom is 0.340 e. The van der Waals surface area contributed by atoms with Crippen LogP contribution in [-0.2, 0) is 17.8 Å². The topological polar surface area (TPSA) is 129 Å². The molecule has 0 bridgehead atoms. The molecule has 1 aromatic carbocycles. The van der Waals surface area contributed by atoms with Crippen LogP contribution in [0.2, 0.25) is 0 Å². The average Bonchev–Trinajstić information content (AvgIpc) is 3.27. The quantitative estimate of drug-likeness (QED) is 0.503. The maximum atomic E-state index is 12.0. The van der Waals surface area contributed by atoms with Crippen LogP contribution < -0.4 is 15.7 Å². The Bertz CT molecular complexity index is 893. The van der Waals surface area contributed by atoms with E-state index >= 15 is 0 Å². The lowest BCUT2D eigenvalue weighted by Crippen LogP contribution is -2.23. The summed E-state index contributed by atoms with van der Waals surface area (Å²) in [6.07, 6.45) is 2.28. The van der Waals surface area contributed by atoms with Gasteiger partial charge in [-0.3, -0.25) is 14.9 Å². The molecule has 4 N–H and O–H groups in total. The van der Waals surface area contributed by atoms with Gasteiger partial charge in [-0.05, 0) is 24.3 Å². The highest BCUT2D eigenvalue weighted by atomic mass is 16.5. The number of carbonyl (C=O) groups excluding carboxylic acids is 1. The zero-order valence-electron chi connectivity index (χ0n) is 13.6. The van der Waals surface area contributed by atoms with E-state index in [1.165, 1.54) is 0 Å². The van der Waals surface area contributed by atoms with Crippen LogP contribution in [0.4, 0.5) is 0 Å². The van der Waals surface area contributed by atoms with E-state index in [4.69, 9.17) is 4.74 Å². The molecule has 130 valence electrons. The summed E-state index contributed by atoms with van der Waals surface area (Å²) in [7, 11) is 1.62. The van der Waals surface area contributed by atoms with E-state index < -0.39 is 0 Å². The second kappa shape index (κ2) is 7.47. The van der Waals surface area contributed by atoms with Gasteiger partial charge in [0.2, 0.25) is 5.91 Å². The Morgan fingerprint density at radius 3 is 2.72 bits per heavy atom. The lowest BCUT2D eigenvalue weighted by Gasteiger charge is -2.06. The van der Waals surface area contributed by atoms with Crippen molar-refractivity contribution < 1.29 is 9.53 Å². The van der Waals surface area contributed by atoms with Crippen LogP contribution in [0.15, 0.2) is 35.3 Å². The number of hydrogen-bond acceptors (Lipinski definition) is 5. The Balaban J connectivity index is 1.57. The number of carbonyl (C=O) groups is 1. The number of rotatable bonds is 7. The Labute approximate surface area is 142 Å². The predicted octanol–water partition coefficient (Wildman–Crippen LogP) is 0.746. The van der Waals surface area contributed by atoms with Gasteiger partial charge in [0.05, 0.1) is 19.0 Å². The van der Waals surface area contributed by atoms with Crippen LogP contribution in [0.5, 0.6) is 5.75 Å². The van der Waals surface area contributed by atoms with Gasteiger partial charge in [-0.25, -0.2) is 9.89 Å². The van der Waals surface area contributed by atoms with Crippen LogP contribution in [0.3, 0.4) is 0 Å². The third-order valence-corrected chi connectivity index (χ3v) is 3.71. The Kier molecular flexibility index (Phi) is 4.93. The van der Waals surface area contributed by atoms with Crippen LogP contribution in [0.1, 0.15) is 17.8 Å². The minimum Gasteiger partial charge on any atom is -0.497 e. The lowest BCUT2D eigenvalue weighted by molar-refractivity contribution is -0.121. The van der Waals surface area contributed by atoms with E-state index in [1.54, 1.807) is 13.3 Å². The van der Waals surface area contributed by atoms with Gasteiger partial charge in [0.1, 0.15) is 11.6 Å². The predicted molar refractivity (Wildman–Crippen MR) is 90.0 cm³/mol. The molecule has 0 spiro atoms. The van der Waals surface area contributed by atoms with E-state index in [-0.39, 0.29) is 18.0 Å². The number of hydrogen-bond donors (Lipinski definition) is 4. The van der Waals surface area contributed by atoms with E-state index in [2.05, 4.69) is 30.7 Å². The second-order valence-corrected chi connectivity index (χ2v) is 5.40. The summed E-state index contributed by atoms with van der Waals surface area (Å²) < 4.78 is 5.15. The van der Waals surface area contributed by atoms with Gasteiger partial charge in [0, 0.05) is 30.5 Å². The first-order chi connectivity index (χ1) is 12.2. The molecule has 0 saturated carbocycles. The van der Waals surface area contributed by atoms with Gasteiger partial charge in [-0.1, -0.05) is 0 Å². The summed E-state index contributed by atoms with van der Waals surface area (Å²) >= 11 is 0. The molecule has 0 fully saturated rings. The van der Waals surface area contributed by atoms with Crippen molar-refractivity contribution in [2.75, 3.05) is 7.11 Å². The summed E-state index contributed by atoms with van der Waals surface area (Å²) in [5.41, 5.74) is 2.31. The second-order valence-electron chi connectivity index (χ2n) is 5.40. The molecule has 9 nitrogen and oxygen atoms in total. The summed E-state index contributed by atoms with van der Waals surface area (Å²) in [6.45, 7) is 0.355. The van der Waals surface area contributed by atoms with E-state index in [1.807, 2.05) is 24.3 Å². The van der Waals surface area contributed by atoms with Gasteiger partial charge in [-0.2, -0.15) is 10.2 Å². The van der Waals surface area contributed by atoms with Crippen LogP contribution >= 0.6 is 0 Å². The smallest absolute Gasteiger partial charge is 0.340 e. The van der Waals surface area contributed by atoms with Gasteiger partial charge in [0.15, 0.2) is 0 Å². The molecule has 3 rings (SSSR count). The number of aromatic nitrogens is 5. The van der Waals surface area contributed by atoms with Crippen molar-refractivity contribution in [1.82, 2.24) is 30.7 Å². The number of methoxy groups -OCH3 is 1. The fraction of sp³-hybridized carbons (Fsp3) is 0.250. The highest BCUT2D eigenvalue weighted by Crippen LogP contribution is 2.23. The van der Waals surface area contributed by atoms with Crippen molar-refractivity contribution in [2.45, 2.75) is 19.4 Å². The van der Waals surface area contributed by atoms with Crippen molar-refractivity contribution in [1.29, 1.82) is 0 Å². The fourth-order valence-electron chi connectivity index (χ4n) is 2.39. The number of ether oxygens (including phenoxy) is 1. The first-order valence-electron chi connectivity index (χ1n) is 7.72. The number of amides is 1. The van der Waals surface area contributed by atoms with Crippen LogP contribution in [0.25, 0.3) is 11.3 Å². The third kappa shape index (κ3) is 4.14. The summed E-state index contributed by atoms with van der Waals surface area (Å²) in [5, 5.41) is 15.9. The van der Waals surface area contributed by atoms with E-state index in [0.29, 0.717) is 18.8 Å². The molecule has 0 aliphatic heterocycles. The monoisotopic (exact) mass is 342 g/mol. The van der Waals surface area contributed by atoms with Gasteiger partial charge >= 0.3 is 5.69 Å². The summed E-state index contributed by atoms with van der Waals surface area (Å²) in [5.74, 6) is 1.10. The van der Waals surface area contributed by atoms with Crippen LogP contribution in [-0.4, -0.2) is 38.4 Å². The molecule has 0 aliphatic carbocycles. The highest BCUT2D eigenvalue weighted by Gasteiger charge is 2.10. The zero-order chi connectivity index (χ0) is 17.6. The molecule has 9 heteroatoms. The molecule has 3 aromatic rings. The number of benzene rings is 1. The molecule has 0 unspecified atom stereocenters. The SMILES string of the molecule is COc1ccc(-c2[nH]ncc2CNC(=O)CCc2n[nH]c(=O)[nH]2)cc1. The minimum absolute atomic E-state index is 0.134. The lowest BCUT2D eigenvalue weighted by atomic mass is 10.1. The van der Waals surface area contributed by atoms with Crippen molar-refractivity contribution >= 4 is 5.91 Å². The van der Waals surface area contributed by atoms with E-state index in [0.717, 1.165) is 22.6 Å². The summed E-state index contributed by atoms with van der Waals surface area (Å²) in [4.78, 5) is 25.4. The molecule has 1 amide bonds. The average molecular weight is 342 g/mol. The number of aromatic amines is 3. The van der Waals surface area contributed by atoms with Gasteiger partial charge in [0.25, 0.3) is 0 Å². The third-order valence-electron chi connectivity index (χ3n) is 3.71. The molecular weight excluding hydrogens is 324 g/mol. The normalized spacial score (nSPS) is 10.6. The molecule has 0 radical (unpaired) electrons. The van der Waals surface area contributed by atoms with Gasteiger partial charge in [-0.15, -0.1) is 0 Å². The number of aryl methyl sites for hydroxylation is 1. The largest absolute Gasteiger partial charge is 0.497 e. The zero-order valence-corrected chi connectivity index (χ0v) is 13.6. The molecular formula is C16H18N6O3. The minimum atomic E-state index is -0.377. The molecule has 2 heterocycles. The van der Waals surface area contributed by atoms with Crippen molar-refractivity contribution in [3.63, 3.8) is 0 Å². The van der Waals surface area contributed by atoms with Crippen molar-refractivity contribution in [3.05, 3.63) is 52.3 Å². The Morgan fingerprint density at radius 1 is 1.24 bits per heavy atom. The number of nitrogens with zero attached hydrogens (tertiary/aromatic N) is 2. The molecule has 0 saturated heterocycles. The maximum absolute atomic E-state index is 12.0. The first-order valence-corrected chi connectivity index (χ1v) is 7.72. The fourth-order valence-corrected chi connectivity index (χ4v) is 2.39. The van der Waals surface area contributed by atoms with Crippen molar-refractivity contribution in [3.8, 4) is 17.0 Å². The number of H-pyrrole nitrogens is 3. The highest BCUT2D eigenvalue weighted by molar-refractivity contribution is 5.76. The first kappa shape index (κ1) is 16.5. The molecule has 2 aromatic heterocycles. The molecule has 0 atom stereocenters. The van der Waals surface area contributed by atoms with Gasteiger partial charge < -0.3 is 10.1 Å². The van der Waals surface area contributed by atoms with Crippen molar-refractivity contribution in [2.24, 2.45) is 0 Å². The van der Waals surface area contributed by atoms with E-state index in [9.17, 15) is 9.59 Å². The summed E-state index contributed by atoms with van der Waals surface area (Å²) in [6, 6.07) is 7.57. The Morgan fingerprint density at radius 2 is 2.04 bits per heavy atom. The Hall–Kier alpha value is -3.36. The van der Waals surface area contributed by atoms with Crippen LogP contribution in [0, 0.1) is 0 Å². The standard InChI is InChI=1S/C16H18N6O3/c1-25-12-4-2-10(3-5-12)15-11(9-18-21-15)8-17-14(23)7-6-13-19-16(24)22-20-13/h2-5,9H,6-8H2,1H3,(H,17,23)(H,18,21)(H2,19,20,22,24).